The molecule has 0 aromatic heterocycles. The molecular formula is C30H43NO2. The first-order valence-electron chi connectivity index (χ1n) is 13.4. The number of rotatable bonds is 0. The SMILES string of the molecule is CC1(C)CC[C@H]2CC[C@]3(C)[C@H](C(=O)C[C@@H]4[C@@]5(C)C=C(C#N)C(=O)C(C)(C)[C@@H]5CC[C@]43C)[C@H]2C1. The molecule has 0 amide bonds. The number of hydrogen-bond donors (Lipinski definition) is 0. The van der Waals surface area contributed by atoms with Gasteiger partial charge in [0.15, 0.2) is 5.78 Å². The Morgan fingerprint density at radius 1 is 0.879 bits per heavy atom. The van der Waals surface area contributed by atoms with Gasteiger partial charge in [0.1, 0.15) is 11.9 Å². The topological polar surface area (TPSA) is 57.9 Å². The van der Waals surface area contributed by atoms with Crippen LogP contribution in [-0.4, -0.2) is 11.6 Å². The predicted octanol–water partition coefficient (Wildman–Crippen LogP) is 6.92. The number of Topliss-reactive ketones (excluding diaryl/α,β-unsaturated/α-hetero) is 2. The molecule has 0 bridgehead atoms. The van der Waals surface area contributed by atoms with E-state index in [0.717, 1.165) is 19.3 Å². The van der Waals surface area contributed by atoms with Crippen molar-refractivity contribution in [3.8, 4) is 6.07 Å². The third-order valence-corrected chi connectivity index (χ3v) is 12.3. The number of ketones is 2. The van der Waals surface area contributed by atoms with Gasteiger partial charge in [0.05, 0.1) is 5.57 Å². The van der Waals surface area contributed by atoms with Crippen molar-refractivity contribution < 1.29 is 9.59 Å². The molecule has 3 nitrogen and oxygen atoms in total. The summed E-state index contributed by atoms with van der Waals surface area (Å²) in [7, 11) is 0. The van der Waals surface area contributed by atoms with Crippen molar-refractivity contribution in [1.29, 1.82) is 5.26 Å². The normalized spacial score (nSPS) is 50.1. The zero-order valence-electron chi connectivity index (χ0n) is 21.9. The molecule has 5 rings (SSSR count). The minimum atomic E-state index is -0.554. The summed E-state index contributed by atoms with van der Waals surface area (Å²) in [6.07, 6.45) is 10.9. The van der Waals surface area contributed by atoms with Crippen LogP contribution in [0.15, 0.2) is 11.6 Å². The summed E-state index contributed by atoms with van der Waals surface area (Å²) in [6, 6.07) is 2.23. The van der Waals surface area contributed by atoms with Crippen molar-refractivity contribution in [2.24, 2.45) is 56.7 Å². The van der Waals surface area contributed by atoms with Crippen LogP contribution in [0.4, 0.5) is 0 Å². The van der Waals surface area contributed by atoms with Crippen LogP contribution in [0.25, 0.3) is 0 Å². The lowest BCUT2D eigenvalue weighted by molar-refractivity contribution is -0.210. The molecule has 3 heteroatoms. The molecule has 5 aliphatic rings. The number of carbonyl (C=O) groups is 2. The summed E-state index contributed by atoms with van der Waals surface area (Å²) in [5, 5.41) is 9.82. The van der Waals surface area contributed by atoms with Gasteiger partial charge < -0.3 is 0 Å². The molecule has 0 aromatic rings. The second kappa shape index (κ2) is 6.83. The number of nitriles is 1. The highest BCUT2D eigenvalue weighted by atomic mass is 16.1. The van der Waals surface area contributed by atoms with E-state index in [9.17, 15) is 14.9 Å². The summed E-state index contributed by atoms with van der Waals surface area (Å²) in [6.45, 7) is 16.1. The lowest BCUT2D eigenvalue weighted by atomic mass is 9.33. The third-order valence-electron chi connectivity index (χ3n) is 12.3. The van der Waals surface area contributed by atoms with E-state index in [1.54, 1.807) is 0 Å². The van der Waals surface area contributed by atoms with E-state index in [1.807, 2.05) is 19.9 Å². The highest BCUT2D eigenvalue weighted by Crippen LogP contribution is 2.74. The fourth-order valence-electron chi connectivity index (χ4n) is 10.4. The quantitative estimate of drug-likeness (QED) is 0.403. The van der Waals surface area contributed by atoms with Gasteiger partial charge in [-0.15, -0.1) is 0 Å². The lowest BCUT2D eigenvalue weighted by Gasteiger charge is -2.70. The predicted molar refractivity (Wildman–Crippen MR) is 130 cm³/mol. The molecule has 180 valence electrons. The van der Waals surface area contributed by atoms with Crippen molar-refractivity contribution in [3.05, 3.63) is 11.6 Å². The Morgan fingerprint density at radius 2 is 1.52 bits per heavy atom. The molecule has 0 aromatic carbocycles. The number of allylic oxidation sites excluding steroid dienone is 2. The maximum Gasteiger partial charge on any atom is 0.178 e. The first-order chi connectivity index (χ1) is 15.2. The molecule has 4 fully saturated rings. The van der Waals surface area contributed by atoms with E-state index in [4.69, 9.17) is 0 Å². The Labute approximate surface area is 200 Å². The van der Waals surface area contributed by atoms with Gasteiger partial charge in [0.25, 0.3) is 0 Å². The van der Waals surface area contributed by atoms with Gasteiger partial charge >= 0.3 is 0 Å². The van der Waals surface area contributed by atoms with Crippen LogP contribution in [0.1, 0.15) is 99.8 Å². The molecule has 0 radical (unpaired) electrons. The Balaban J connectivity index is 1.61. The van der Waals surface area contributed by atoms with Crippen LogP contribution in [-0.2, 0) is 9.59 Å². The molecular weight excluding hydrogens is 406 g/mol. The zero-order valence-corrected chi connectivity index (χ0v) is 21.9. The van der Waals surface area contributed by atoms with E-state index in [1.165, 1.54) is 25.7 Å². The Kier molecular flexibility index (Phi) is 4.82. The maximum absolute atomic E-state index is 14.1. The van der Waals surface area contributed by atoms with E-state index < -0.39 is 5.41 Å². The van der Waals surface area contributed by atoms with Crippen LogP contribution < -0.4 is 0 Å². The van der Waals surface area contributed by atoms with E-state index in [2.05, 4.69) is 40.7 Å². The molecule has 33 heavy (non-hydrogen) atoms. The van der Waals surface area contributed by atoms with Crippen LogP contribution in [0.3, 0.4) is 0 Å². The largest absolute Gasteiger partial charge is 0.299 e. The summed E-state index contributed by atoms with van der Waals surface area (Å²) >= 11 is 0. The van der Waals surface area contributed by atoms with Crippen molar-refractivity contribution in [3.63, 3.8) is 0 Å². The molecule has 0 heterocycles. The summed E-state index contributed by atoms with van der Waals surface area (Å²) < 4.78 is 0. The molecule has 0 unspecified atom stereocenters. The van der Waals surface area contributed by atoms with E-state index in [-0.39, 0.29) is 39.8 Å². The van der Waals surface area contributed by atoms with Gasteiger partial charge in [-0.05, 0) is 90.3 Å². The summed E-state index contributed by atoms with van der Waals surface area (Å²) in [4.78, 5) is 27.3. The maximum atomic E-state index is 14.1. The second-order valence-corrected chi connectivity index (χ2v) is 14.6. The van der Waals surface area contributed by atoms with Gasteiger partial charge in [-0.25, -0.2) is 0 Å². The average molecular weight is 450 g/mol. The highest BCUT2D eigenvalue weighted by molar-refractivity contribution is 6.04. The number of carbonyl (C=O) groups excluding carboxylic acids is 2. The molecule has 0 N–H and O–H groups in total. The van der Waals surface area contributed by atoms with Crippen LogP contribution in [0.2, 0.25) is 0 Å². The lowest BCUT2D eigenvalue weighted by Crippen LogP contribution is -2.67. The third kappa shape index (κ3) is 2.85. The average Bonchev–Trinajstić information content (AvgIpc) is 2.72. The smallest absolute Gasteiger partial charge is 0.178 e. The fraction of sp³-hybridized carbons (Fsp3) is 0.833. The fourth-order valence-corrected chi connectivity index (χ4v) is 10.4. The van der Waals surface area contributed by atoms with Crippen LogP contribution in [0, 0.1) is 68.0 Å². The first-order valence-corrected chi connectivity index (χ1v) is 13.4. The van der Waals surface area contributed by atoms with Gasteiger partial charge in [-0.3, -0.25) is 9.59 Å². The number of nitrogens with zero attached hydrogens (tertiary/aromatic N) is 1. The Morgan fingerprint density at radius 3 is 2.18 bits per heavy atom. The van der Waals surface area contributed by atoms with Crippen LogP contribution in [0.5, 0.6) is 0 Å². The number of hydrogen-bond acceptors (Lipinski definition) is 3. The van der Waals surface area contributed by atoms with Crippen molar-refractivity contribution in [1.82, 2.24) is 0 Å². The minimum absolute atomic E-state index is 0.00180. The number of fused-ring (bicyclic) bond motifs is 7. The van der Waals surface area contributed by atoms with E-state index in [0.29, 0.717) is 35.0 Å². The molecule has 0 aliphatic heterocycles. The van der Waals surface area contributed by atoms with Crippen molar-refractivity contribution in [2.45, 2.75) is 99.8 Å². The molecule has 0 spiro atoms. The Bertz CT molecular complexity index is 982. The second-order valence-electron chi connectivity index (χ2n) is 14.6. The molecule has 5 aliphatic carbocycles. The van der Waals surface area contributed by atoms with Gasteiger partial charge in [0, 0.05) is 17.8 Å². The monoisotopic (exact) mass is 449 g/mol. The first kappa shape index (κ1) is 23.3. The van der Waals surface area contributed by atoms with Gasteiger partial charge in [-0.2, -0.15) is 5.26 Å². The molecule has 8 atom stereocenters. The standard InChI is InChI=1S/C30H43NO2/c1-26(2)11-8-18-9-12-30(7)24(20(18)16-26)21(32)14-23-28(5)15-19(17-31)25(33)27(3,4)22(28)10-13-29(23,30)6/h15,18,20,22-24H,8-14,16H2,1-7H3/t18-,20-,22-,23+,24-,28-,29+,30+/m0/s1. The van der Waals surface area contributed by atoms with E-state index >= 15 is 0 Å². The molecule has 0 saturated heterocycles. The van der Waals surface area contributed by atoms with Crippen molar-refractivity contribution >= 4 is 11.6 Å². The highest BCUT2D eigenvalue weighted by Gasteiger charge is 2.70. The van der Waals surface area contributed by atoms with Gasteiger partial charge in [0.2, 0.25) is 0 Å². The molecule has 4 saturated carbocycles. The van der Waals surface area contributed by atoms with Gasteiger partial charge in [-0.1, -0.05) is 54.5 Å². The van der Waals surface area contributed by atoms with Crippen LogP contribution >= 0.6 is 0 Å². The zero-order chi connectivity index (χ0) is 24.2. The Hall–Kier alpha value is -1.43. The summed E-state index contributed by atoms with van der Waals surface area (Å²) in [5.41, 5.74) is -0.137. The minimum Gasteiger partial charge on any atom is -0.299 e. The summed E-state index contributed by atoms with van der Waals surface area (Å²) in [5.74, 6) is 2.27. The van der Waals surface area contributed by atoms with Crippen molar-refractivity contribution in [2.75, 3.05) is 0 Å².